The van der Waals surface area contributed by atoms with Gasteiger partial charge in [0, 0.05) is 10.6 Å². The summed E-state index contributed by atoms with van der Waals surface area (Å²) in [6, 6.07) is 6.95. The maximum absolute atomic E-state index is 11.4. The summed E-state index contributed by atoms with van der Waals surface area (Å²) in [6.45, 7) is 5.36. The zero-order valence-electron chi connectivity index (χ0n) is 11.0. The van der Waals surface area contributed by atoms with Crippen molar-refractivity contribution in [3.8, 4) is 0 Å². The Kier molecular flexibility index (Phi) is 5.06. The van der Waals surface area contributed by atoms with Crippen molar-refractivity contribution in [3.05, 3.63) is 34.9 Å². The Bertz CT molecular complexity index is 507. The first-order valence-electron chi connectivity index (χ1n) is 5.69. The van der Waals surface area contributed by atoms with Crippen LogP contribution in [-0.2, 0) is 9.59 Å². The molecular weight excluding hydrogens is 266 g/mol. The van der Waals surface area contributed by atoms with Crippen molar-refractivity contribution in [1.82, 2.24) is 10.7 Å². The number of hydrogen-bond donors (Lipinski definition) is 2. The van der Waals surface area contributed by atoms with E-state index in [-0.39, 0.29) is 0 Å². The largest absolute Gasteiger partial charge is 0.343 e. The quantitative estimate of drug-likeness (QED) is 0.492. The van der Waals surface area contributed by atoms with Gasteiger partial charge in [0.25, 0.3) is 0 Å². The lowest BCUT2D eigenvalue weighted by Gasteiger charge is -2.19. The van der Waals surface area contributed by atoms with Gasteiger partial charge >= 0.3 is 11.8 Å². The van der Waals surface area contributed by atoms with Gasteiger partial charge in [0.1, 0.15) is 0 Å². The molecule has 0 saturated heterocycles. The monoisotopic (exact) mass is 281 g/mol. The number of nitrogens with one attached hydrogen (secondary N) is 2. The number of hydrogen-bond acceptors (Lipinski definition) is 3. The lowest BCUT2D eigenvalue weighted by Crippen LogP contribution is -2.47. The lowest BCUT2D eigenvalue weighted by atomic mass is 10.1. The van der Waals surface area contributed by atoms with Crippen LogP contribution in [0.15, 0.2) is 29.4 Å². The average molecular weight is 282 g/mol. The van der Waals surface area contributed by atoms with E-state index in [0.717, 1.165) is 5.56 Å². The molecule has 0 atom stereocenters. The van der Waals surface area contributed by atoms with Crippen molar-refractivity contribution >= 4 is 29.6 Å². The second-order valence-electron chi connectivity index (χ2n) is 4.96. The van der Waals surface area contributed by atoms with Gasteiger partial charge in [-0.05, 0) is 38.5 Å². The number of hydrazone groups is 1. The molecule has 1 aromatic rings. The highest BCUT2D eigenvalue weighted by atomic mass is 35.5. The van der Waals surface area contributed by atoms with E-state index >= 15 is 0 Å². The van der Waals surface area contributed by atoms with Gasteiger partial charge in [0.15, 0.2) is 0 Å². The minimum atomic E-state index is -0.812. The Morgan fingerprint density at radius 3 is 2.53 bits per heavy atom. The SMILES string of the molecule is CC(C)(C)NC(=O)C(=O)N/N=C\c1cccc(Cl)c1. The molecule has 0 aliphatic rings. The third kappa shape index (κ3) is 6.01. The molecule has 19 heavy (non-hydrogen) atoms. The molecule has 0 spiro atoms. The van der Waals surface area contributed by atoms with Gasteiger partial charge in [-0.3, -0.25) is 9.59 Å². The fourth-order valence-electron chi connectivity index (χ4n) is 1.20. The molecule has 2 amide bonds. The van der Waals surface area contributed by atoms with Crippen LogP contribution in [-0.4, -0.2) is 23.6 Å². The summed E-state index contributed by atoms with van der Waals surface area (Å²) in [5.41, 5.74) is 2.41. The second-order valence-corrected chi connectivity index (χ2v) is 5.39. The van der Waals surface area contributed by atoms with Crippen molar-refractivity contribution in [3.63, 3.8) is 0 Å². The normalized spacial score (nSPS) is 11.4. The molecule has 0 bridgehead atoms. The summed E-state index contributed by atoms with van der Waals surface area (Å²) in [7, 11) is 0. The Balaban J connectivity index is 2.53. The summed E-state index contributed by atoms with van der Waals surface area (Å²) in [5.74, 6) is -1.54. The zero-order valence-corrected chi connectivity index (χ0v) is 11.8. The molecule has 0 fully saturated rings. The Morgan fingerprint density at radius 1 is 1.26 bits per heavy atom. The topological polar surface area (TPSA) is 70.6 Å². The smallest absolute Gasteiger partial charge is 0.329 e. The van der Waals surface area contributed by atoms with Gasteiger partial charge < -0.3 is 5.32 Å². The van der Waals surface area contributed by atoms with Crippen LogP contribution in [0.1, 0.15) is 26.3 Å². The van der Waals surface area contributed by atoms with Crippen molar-refractivity contribution in [1.29, 1.82) is 0 Å². The molecule has 0 heterocycles. The second kappa shape index (κ2) is 6.33. The molecule has 6 heteroatoms. The fraction of sp³-hybridized carbons (Fsp3) is 0.308. The molecule has 1 rings (SSSR count). The first-order valence-corrected chi connectivity index (χ1v) is 6.07. The van der Waals surface area contributed by atoms with Crippen molar-refractivity contribution in [2.75, 3.05) is 0 Å². The van der Waals surface area contributed by atoms with E-state index in [0.29, 0.717) is 5.02 Å². The van der Waals surface area contributed by atoms with Gasteiger partial charge in [-0.2, -0.15) is 5.10 Å². The molecule has 0 aliphatic carbocycles. The fourth-order valence-corrected chi connectivity index (χ4v) is 1.40. The zero-order chi connectivity index (χ0) is 14.5. The van der Waals surface area contributed by atoms with E-state index in [4.69, 9.17) is 11.6 Å². The molecule has 0 radical (unpaired) electrons. The molecular formula is C13H16ClN3O2. The van der Waals surface area contributed by atoms with Crippen LogP contribution >= 0.6 is 11.6 Å². The predicted molar refractivity (Wildman–Crippen MR) is 75.1 cm³/mol. The number of amides is 2. The Morgan fingerprint density at radius 2 is 1.95 bits per heavy atom. The van der Waals surface area contributed by atoms with E-state index in [1.54, 1.807) is 45.0 Å². The van der Waals surface area contributed by atoms with Crippen LogP contribution in [0.5, 0.6) is 0 Å². The highest BCUT2D eigenvalue weighted by molar-refractivity contribution is 6.35. The number of carbonyl (C=O) groups is 2. The molecule has 0 aliphatic heterocycles. The Labute approximate surface area is 117 Å². The van der Waals surface area contributed by atoms with E-state index in [9.17, 15) is 9.59 Å². The number of benzene rings is 1. The lowest BCUT2D eigenvalue weighted by molar-refractivity contribution is -0.140. The minimum Gasteiger partial charge on any atom is -0.343 e. The maximum Gasteiger partial charge on any atom is 0.329 e. The van der Waals surface area contributed by atoms with Crippen LogP contribution in [0.3, 0.4) is 0 Å². The standard InChI is InChI=1S/C13H16ClN3O2/c1-13(2,3)16-11(18)12(19)17-15-8-9-5-4-6-10(14)7-9/h4-8H,1-3H3,(H,16,18)(H,17,19)/b15-8-. The Hall–Kier alpha value is -1.88. The number of rotatable bonds is 2. The highest BCUT2D eigenvalue weighted by Gasteiger charge is 2.19. The van der Waals surface area contributed by atoms with Crippen molar-refractivity contribution in [2.24, 2.45) is 5.10 Å². The average Bonchev–Trinajstić information content (AvgIpc) is 2.26. The van der Waals surface area contributed by atoms with Gasteiger partial charge in [-0.1, -0.05) is 23.7 Å². The molecule has 0 saturated carbocycles. The molecule has 0 aromatic heterocycles. The highest BCUT2D eigenvalue weighted by Crippen LogP contribution is 2.08. The third-order valence-corrected chi connectivity index (χ3v) is 2.16. The minimum absolute atomic E-state index is 0.467. The summed E-state index contributed by atoms with van der Waals surface area (Å²) in [5, 5.41) is 6.79. The third-order valence-electron chi connectivity index (χ3n) is 1.92. The van der Waals surface area contributed by atoms with Gasteiger partial charge in [-0.15, -0.1) is 0 Å². The van der Waals surface area contributed by atoms with E-state index in [1.165, 1.54) is 6.21 Å². The van der Waals surface area contributed by atoms with Crippen molar-refractivity contribution in [2.45, 2.75) is 26.3 Å². The van der Waals surface area contributed by atoms with Gasteiger partial charge in [0.2, 0.25) is 0 Å². The summed E-state index contributed by atoms with van der Waals surface area (Å²) in [6.07, 6.45) is 1.41. The van der Waals surface area contributed by atoms with Crippen LogP contribution in [0.2, 0.25) is 5.02 Å². The first kappa shape index (κ1) is 15.2. The summed E-state index contributed by atoms with van der Waals surface area (Å²) in [4.78, 5) is 22.9. The summed E-state index contributed by atoms with van der Waals surface area (Å²) >= 11 is 5.80. The molecule has 0 unspecified atom stereocenters. The molecule has 1 aromatic carbocycles. The predicted octanol–water partition coefficient (Wildman–Crippen LogP) is 1.70. The number of carbonyl (C=O) groups excluding carboxylic acids is 2. The van der Waals surface area contributed by atoms with Gasteiger partial charge in [0.05, 0.1) is 6.21 Å². The van der Waals surface area contributed by atoms with E-state index in [1.807, 2.05) is 0 Å². The van der Waals surface area contributed by atoms with Crippen LogP contribution in [0.4, 0.5) is 0 Å². The molecule has 2 N–H and O–H groups in total. The van der Waals surface area contributed by atoms with E-state index in [2.05, 4.69) is 15.8 Å². The van der Waals surface area contributed by atoms with Gasteiger partial charge in [-0.25, -0.2) is 5.43 Å². The number of halogens is 1. The molecule has 5 nitrogen and oxygen atoms in total. The molecule has 102 valence electrons. The first-order chi connectivity index (χ1) is 8.78. The van der Waals surface area contributed by atoms with E-state index < -0.39 is 17.4 Å². The van der Waals surface area contributed by atoms with Crippen LogP contribution in [0, 0.1) is 0 Å². The van der Waals surface area contributed by atoms with Crippen LogP contribution < -0.4 is 10.7 Å². The van der Waals surface area contributed by atoms with Crippen molar-refractivity contribution < 1.29 is 9.59 Å². The summed E-state index contributed by atoms with van der Waals surface area (Å²) < 4.78 is 0. The maximum atomic E-state index is 11.4. The van der Waals surface area contributed by atoms with Crippen LogP contribution in [0.25, 0.3) is 0 Å². The number of nitrogens with zero attached hydrogens (tertiary/aromatic N) is 1.